The van der Waals surface area contributed by atoms with Crippen LogP contribution < -0.4 is 15.0 Å². The minimum atomic E-state index is -3.70. The molecule has 2 fully saturated rings. The van der Waals surface area contributed by atoms with Crippen molar-refractivity contribution in [3.05, 3.63) is 48.5 Å². The van der Waals surface area contributed by atoms with E-state index < -0.39 is 10.0 Å². The summed E-state index contributed by atoms with van der Waals surface area (Å²) in [6.45, 7) is 3.60. The number of sulfonamides is 1. The molecule has 2 saturated heterocycles. The zero-order valence-electron chi connectivity index (χ0n) is 17.7. The number of carbonyl (C=O) groups excluding carboxylic acids is 1. The summed E-state index contributed by atoms with van der Waals surface area (Å²) in [7, 11) is -3.70. The van der Waals surface area contributed by atoms with Crippen molar-refractivity contribution in [3.63, 3.8) is 0 Å². The van der Waals surface area contributed by atoms with Crippen LogP contribution in [-0.4, -0.2) is 77.8 Å². The van der Waals surface area contributed by atoms with Gasteiger partial charge in [0.05, 0.1) is 42.7 Å². The standard InChI is InChI=1S/C22H27N3O6S/c26-22(17-31-18-4-2-1-3-5-18)23-20-16-19(32(27,28)25-10-14-30-15-11-25)6-7-21(20)24-8-12-29-13-9-24/h1-7,16H,8-15,17H2,(H,23,26). The third-order valence-corrected chi connectivity index (χ3v) is 7.21. The highest BCUT2D eigenvalue weighted by Crippen LogP contribution is 2.31. The maximum atomic E-state index is 13.1. The molecule has 32 heavy (non-hydrogen) atoms. The average molecular weight is 462 g/mol. The Morgan fingerprint density at radius 3 is 2.28 bits per heavy atom. The Morgan fingerprint density at radius 1 is 0.938 bits per heavy atom. The fourth-order valence-corrected chi connectivity index (χ4v) is 5.08. The van der Waals surface area contributed by atoms with E-state index >= 15 is 0 Å². The van der Waals surface area contributed by atoms with Gasteiger partial charge in [0, 0.05) is 26.2 Å². The van der Waals surface area contributed by atoms with Crippen molar-refractivity contribution in [2.24, 2.45) is 0 Å². The molecule has 4 rings (SSSR count). The normalized spacial score (nSPS) is 17.7. The molecule has 0 bridgehead atoms. The van der Waals surface area contributed by atoms with E-state index in [-0.39, 0.29) is 17.4 Å². The summed E-state index contributed by atoms with van der Waals surface area (Å²) in [5, 5.41) is 2.84. The largest absolute Gasteiger partial charge is 0.484 e. The van der Waals surface area contributed by atoms with Gasteiger partial charge in [0.25, 0.3) is 5.91 Å². The summed E-state index contributed by atoms with van der Waals surface area (Å²) in [6, 6.07) is 13.9. The van der Waals surface area contributed by atoms with E-state index in [1.807, 2.05) is 18.2 Å². The molecule has 9 nitrogen and oxygen atoms in total. The van der Waals surface area contributed by atoms with E-state index in [1.165, 1.54) is 10.4 Å². The van der Waals surface area contributed by atoms with Gasteiger partial charge in [-0.1, -0.05) is 18.2 Å². The van der Waals surface area contributed by atoms with E-state index in [0.29, 0.717) is 64.0 Å². The Morgan fingerprint density at radius 2 is 1.59 bits per heavy atom. The molecule has 1 N–H and O–H groups in total. The predicted molar refractivity (Wildman–Crippen MR) is 120 cm³/mol. The van der Waals surface area contributed by atoms with E-state index in [2.05, 4.69) is 10.2 Å². The number of morpholine rings is 2. The smallest absolute Gasteiger partial charge is 0.262 e. The third-order valence-electron chi connectivity index (χ3n) is 5.31. The zero-order valence-corrected chi connectivity index (χ0v) is 18.6. The first-order chi connectivity index (χ1) is 15.5. The van der Waals surface area contributed by atoms with Gasteiger partial charge >= 0.3 is 0 Å². The molecule has 0 atom stereocenters. The summed E-state index contributed by atoms with van der Waals surface area (Å²) in [5.41, 5.74) is 1.19. The third kappa shape index (κ3) is 5.39. The van der Waals surface area contributed by atoms with Gasteiger partial charge < -0.3 is 24.4 Å². The number of ether oxygens (including phenoxy) is 3. The van der Waals surface area contributed by atoms with E-state index in [9.17, 15) is 13.2 Å². The van der Waals surface area contributed by atoms with E-state index in [4.69, 9.17) is 14.2 Å². The van der Waals surface area contributed by atoms with Crippen molar-refractivity contribution in [1.29, 1.82) is 0 Å². The summed E-state index contributed by atoms with van der Waals surface area (Å²) in [6.07, 6.45) is 0. The van der Waals surface area contributed by atoms with Gasteiger partial charge in [-0.25, -0.2) is 8.42 Å². The summed E-state index contributed by atoms with van der Waals surface area (Å²) in [4.78, 5) is 14.8. The minimum Gasteiger partial charge on any atom is -0.484 e. The van der Waals surface area contributed by atoms with Crippen LogP contribution in [0.3, 0.4) is 0 Å². The first kappa shape index (κ1) is 22.5. The van der Waals surface area contributed by atoms with Gasteiger partial charge in [0.15, 0.2) is 6.61 Å². The maximum absolute atomic E-state index is 13.1. The number of rotatable bonds is 7. The number of para-hydroxylation sites is 1. The quantitative estimate of drug-likeness (QED) is 0.668. The first-order valence-electron chi connectivity index (χ1n) is 10.6. The Bertz CT molecular complexity index is 1020. The molecule has 2 aromatic rings. The van der Waals surface area contributed by atoms with E-state index in [0.717, 1.165) is 5.69 Å². The second kappa shape index (κ2) is 10.3. The fraction of sp³-hybridized carbons (Fsp3) is 0.409. The molecule has 2 heterocycles. The van der Waals surface area contributed by atoms with Gasteiger partial charge in [-0.15, -0.1) is 0 Å². The molecular formula is C22H27N3O6S. The Hall–Kier alpha value is -2.66. The predicted octanol–water partition coefficient (Wildman–Crippen LogP) is 1.56. The van der Waals surface area contributed by atoms with Crippen molar-refractivity contribution in [1.82, 2.24) is 4.31 Å². The molecule has 0 aromatic heterocycles. The van der Waals surface area contributed by atoms with Crippen LogP contribution in [0.4, 0.5) is 11.4 Å². The van der Waals surface area contributed by atoms with Crippen molar-refractivity contribution in [3.8, 4) is 5.75 Å². The first-order valence-corrected chi connectivity index (χ1v) is 12.0. The highest BCUT2D eigenvalue weighted by molar-refractivity contribution is 7.89. The maximum Gasteiger partial charge on any atom is 0.262 e. The highest BCUT2D eigenvalue weighted by Gasteiger charge is 2.28. The van der Waals surface area contributed by atoms with Crippen LogP contribution in [0.2, 0.25) is 0 Å². The molecule has 0 aliphatic carbocycles. The van der Waals surface area contributed by atoms with Crippen molar-refractivity contribution < 1.29 is 27.4 Å². The van der Waals surface area contributed by atoms with Crippen LogP contribution in [0.25, 0.3) is 0 Å². The van der Waals surface area contributed by atoms with Crippen LogP contribution in [0.15, 0.2) is 53.4 Å². The van der Waals surface area contributed by atoms with Gasteiger partial charge in [0.2, 0.25) is 10.0 Å². The number of hydrogen-bond donors (Lipinski definition) is 1. The highest BCUT2D eigenvalue weighted by atomic mass is 32.2. The van der Waals surface area contributed by atoms with Crippen molar-refractivity contribution in [2.45, 2.75) is 4.90 Å². The lowest BCUT2D eigenvalue weighted by Crippen LogP contribution is -2.40. The van der Waals surface area contributed by atoms with E-state index in [1.54, 1.807) is 24.3 Å². The number of anilines is 2. The van der Waals surface area contributed by atoms with Gasteiger partial charge in [-0.2, -0.15) is 4.31 Å². The van der Waals surface area contributed by atoms with Crippen LogP contribution in [-0.2, 0) is 24.3 Å². The van der Waals surface area contributed by atoms with Crippen LogP contribution in [0.5, 0.6) is 5.75 Å². The van der Waals surface area contributed by atoms with Crippen molar-refractivity contribution >= 4 is 27.3 Å². The lowest BCUT2D eigenvalue weighted by molar-refractivity contribution is -0.118. The number of amides is 1. The molecule has 2 aliphatic heterocycles. The van der Waals surface area contributed by atoms with Crippen LogP contribution in [0, 0.1) is 0 Å². The second-order valence-electron chi connectivity index (χ2n) is 7.44. The Balaban J connectivity index is 1.56. The Labute approximate surface area is 187 Å². The van der Waals surface area contributed by atoms with Gasteiger partial charge in [0.1, 0.15) is 5.75 Å². The lowest BCUT2D eigenvalue weighted by Gasteiger charge is -2.31. The molecule has 1 amide bonds. The Kier molecular flexibility index (Phi) is 7.26. The summed E-state index contributed by atoms with van der Waals surface area (Å²) < 4.78 is 43.9. The zero-order chi connectivity index (χ0) is 22.4. The molecule has 172 valence electrons. The molecular weight excluding hydrogens is 434 g/mol. The number of nitrogens with zero attached hydrogens (tertiary/aromatic N) is 2. The van der Waals surface area contributed by atoms with Crippen LogP contribution >= 0.6 is 0 Å². The molecule has 0 unspecified atom stereocenters. The monoisotopic (exact) mass is 461 g/mol. The SMILES string of the molecule is O=C(COc1ccccc1)Nc1cc(S(=O)(=O)N2CCOCC2)ccc1N1CCOCC1. The number of carbonyl (C=O) groups is 1. The fourth-order valence-electron chi connectivity index (χ4n) is 3.64. The minimum absolute atomic E-state index is 0.135. The molecule has 0 radical (unpaired) electrons. The number of benzene rings is 2. The van der Waals surface area contributed by atoms with Gasteiger partial charge in [-0.3, -0.25) is 4.79 Å². The number of nitrogens with one attached hydrogen (secondary N) is 1. The molecule has 2 aliphatic rings. The molecule has 10 heteroatoms. The number of hydrogen-bond acceptors (Lipinski definition) is 7. The topological polar surface area (TPSA) is 97.4 Å². The second-order valence-corrected chi connectivity index (χ2v) is 9.38. The van der Waals surface area contributed by atoms with Gasteiger partial charge in [-0.05, 0) is 30.3 Å². The van der Waals surface area contributed by atoms with Crippen molar-refractivity contribution in [2.75, 3.05) is 69.4 Å². The summed E-state index contributed by atoms with van der Waals surface area (Å²) in [5.74, 6) is 0.212. The molecule has 0 saturated carbocycles. The average Bonchev–Trinajstić information content (AvgIpc) is 2.84. The lowest BCUT2D eigenvalue weighted by atomic mass is 10.2. The molecule has 2 aromatic carbocycles. The molecule has 0 spiro atoms. The summed E-state index contributed by atoms with van der Waals surface area (Å²) >= 11 is 0. The van der Waals surface area contributed by atoms with Crippen LogP contribution in [0.1, 0.15) is 0 Å².